The van der Waals surface area contributed by atoms with Gasteiger partial charge in [0.1, 0.15) is 13.2 Å². The van der Waals surface area contributed by atoms with Crippen LogP contribution in [0.25, 0.3) is 0 Å². The Morgan fingerprint density at radius 1 is 0.857 bits per heavy atom. The minimum atomic E-state index is -0.528. The van der Waals surface area contributed by atoms with Gasteiger partial charge < -0.3 is 19.8 Å². The van der Waals surface area contributed by atoms with E-state index in [9.17, 15) is 14.4 Å². The molecule has 3 rings (SSSR count). The lowest BCUT2D eigenvalue weighted by molar-refractivity contribution is -0.143. The largest absolute Gasteiger partial charge is 0.460 e. The number of ether oxygens (including phenoxy) is 1. The fourth-order valence-electron chi connectivity index (χ4n) is 2.35. The van der Waals surface area contributed by atoms with E-state index in [1.54, 1.807) is 36.4 Å². The molecule has 0 saturated carbocycles. The first-order valence-electron chi connectivity index (χ1n) is 8.54. The van der Waals surface area contributed by atoms with E-state index in [2.05, 4.69) is 10.6 Å². The van der Waals surface area contributed by atoms with E-state index in [0.29, 0.717) is 11.3 Å². The van der Waals surface area contributed by atoms with E-state index in [0.717, 1.165) is 5.56 Å². The van der Waals surface area contributed by atoms with Gasteiger partial charge in [0.05, 0.1) is 6.26 Å². The van der Waals surface area contributed by atoms with Crippen molar-refractivity contribution in [1.29, 1.82) is 0 Å². The number of esters is 1. The highest BCUT2D eigenvalue weighted by atomic mass is 16.5. The van der Waals surface area contributed by atoms with Crippen molar-refractivity contribution < 1.29 is 23.5 Å². The molecule has 142 valence electrons. The van der Waals surface area contributed by atoms with Crippen molar-refractivity contribution in [1.82, 2.24) is 5.32 Å². The second-order valence-electron chi connectivity index (χ2n) is 5.84. The number of carbonyl (C=O) groups excluding carboxylic acids is 3. The van der Waals surface area contributed by atoms with Crippen molar-refractivity contribution in [3.63, 3.8) is 0 Å². The monoisotopic (exact) mass is 378 g/mol. The molecule has 1 heterocycles. The Morgan fingerprint density at radius 3 is 2.29 bits per heavy atom. The van der Waals surface area contributed by atoms with Gasteiger partial charge in [-0.2, -0.15) is 0 Å². The summed E-state index contributed by atoms with van der Waals surface area (Å²) < 4.78 is 10.1. The molecule has 0 radical (unpaired) electrons. The maximum absolute atomic E-state index is 12.1. The molecule has 7 heteroatoms. The second-order valence-corrected chi connectivity index (χ2v) is 5.84. The third-order valence-electron chi connectivity index (χ3n) is 3.79. The van der Waals surface area contributed by atoms with Crippen LogP contribution in [0.5, 0.6) is 0 Å². The maximum Gasteiger partial charge on any atom is 0.325 e. The Bertz CT molecular complexity index is 935. The third kappa shape index (κ3) is 5.31. The van der Waals surface area contributed by atoms with Gasteiger partial charge in [-0.3, -0.25) is 14.4 Å². The lowest BCUT2D eigenvalue weighted by Gasteiger charge is -2.08. The molecule has 0 saturated heterocycles. The SMILES string of the molecule is O=C(CNC(=O)c1ccc(NC(=O)c2ccco2)cc1)OCc1ccccc1. The van der Waals surface area contributed by atoms with Crippen molar-refractivity contribution in [2.45, 2.75) is 6.61 Å². The predicted molar refractivity (Wildman–Crippen MR) is 102 cm³/mol. The average molecular weight is 378 g/mol. The van der Waals surface area contributed by atoms with Gasteiger partial charge in [-0.25, -0.2) is 0 Å². The van der Waals surface area contributed by atoms with Crippen LogP contribution >= 0.6 is 0 Å². The molecule has 0 spiro atoms. The Kier molecular flexibility index (Phi) is 6.20. The number of amides is 2. The van der Waals surface area contributed by atoms with E-state index in [1.165, 1.54) is 6.26 Å². The molecule has 3 aromatic rings. The van der Waals surface area contributed by atoms with Crippen LogP contribution in [0.4, 0.5) is 5.69 Å². The molecule has 0 bridgehead atoms. The molecule has 0 aliphatic carbocycles. The third-order valence-corrected chi connectivity index (χ3v) is 3.79. The van der Waals surface area contributed by atoms with Crippen molar-refractivity contribution in [3.05, 3.63) is 89.9 Å². The first kappa shape index (κ1) is 18.9. The van der Waals surface area contributed by atoms with Gasteiger partial charge in [0.15, 0.2) is 5.76 Å². The van der Waals surface area contributed by atoms with Gasteiger partial charge in [-0.15, -0.1) is 0 Å². The Balaban J connectivity index is 1.45. The molecule has 28 heavy (non-hydrogen) atoms. The zero-order chi connectivity index (χ0) is 19.8. The summed E-state index contributed by atoms with van der Waals surface area (Å²) in [5, 5.41) is 5.16. The fraction of sp³-hybridized carbons (Fsp3) is 0.0952. The summed E-state index contributed by atoms with van der Waals surface area (Å²) in [7, 11) is 0. The number of hydrogen-bond acceptors (Lipinski definition) is 5. The van der Waals surface area contributed by atoms with Crippen LogP contribution in [-0.2, 0) is 16.1 Å². The minimum absolute atomic E-state index is 0.152. The van der Waals surface area contributed by atoms with E-state index in [-0.39, 0.29) is 24.8 Å². The summed E-state index contributed by atoms with van der Waals surface area (Å²) in [5.41, 5.74) is 1.74. The van der Waals surface area contributed by atoms with E-state index >= 15 is 0 Å². The van der Waals surface area contributed by atoms with Crippen LogP contribution in [0.1, 0.15) is 26.5 Å². The highest BCUT2D eigenvalue weighted by Crippen LogP contribution is 2.12. The smallest absolute Gasteiger partial charge is 0.325 e. The molecule has 0 fully saturated rings. The predicted octanol–water partition coefficient (Wildman–Crippen LogP) is 3.01. The maximum atomic E-state index is 12.1. The van der Waals surface area contributed by atoms with Crippen LogP contribution < -0.4 is 10.6 Å². The van der Waals surface area contributed by atoms with Crippen LogP contribution in [0, 0.1) is 0 Å². The first-order chi connectivity index (χ1) is 13.6. The Labute approximate surface area is 161 Å². The summed E-state index contributed by atoms with van der Waals surface area (Å²) in [6, 6.07) is 18.7. The minimum Gasteiger partial charge on any atom is -0.460 e. The summed E-state index contributed by atoms with van der Waals surface area (Å²) >= 11 is 0. The van der Waals surface area contributed by atoms with Crippen molar-refractivity contribution in [2.24, 2.45) is 0 Å². The summed E-state index contributed by atoms with van der Waals surface area (Å²) in [5.74, 6) is -1.14. The average Bonchev–Trinajstić information content (AvgIpc) is 3.27. The van der Waals surface area contributed by atoms with Crippen LogP contribution in [0.3, 0.4) is 0 Å². The number of benzene rings is 2. The lowest BCUT2D eigenvalue weighted by atomic mass is 10.2. The number of furan rings is 1. The van der Waals surface area contributed by atoms with Crippen molar-refractivity contribution >= 4 is 23.5 Å². The molecule has 2 amide bonds. The summed E-state index contributed by atoms with van der Waals surface area (Å²) in [6.07, 6.45) is 1.41. The molecule has 2 N–H and O–H groups in total. The summed E-state index contributed by atoms with van der Waals surface area (Å²) in [4.78, 5) is 35.8. The summed E-state index contributed by atoms with van der Waals surface area (Å²) in [6.45, 7) is -0.0811. The second kappa shape index (κ2) is 9.18. The number of nitrogens with one attached hydrogen (secondary N) is 2. The molecule has 0 atom stereocenters. The van der Waals surface area contributed by atoms with Gasteiger partial charge in [0.25, 0.3) is 11.8 Å². The van der Waals surface area contributed by atoms with E-state index in [1.807, 2.05) is 30.3 Å². The normalized spacial score (nSPS) is 10.1. The molecule has 0 unspecified atom stereocenters. The molecule has 1 aromatic heterocycles. The highest BCUT2D eigenvalue weighted by Gasteiger charge is 2.11. The molecular formula is C21H18N2O5. The van der Waals surface area contributed by atoms with Crippen molar-refractivity contribution in [3.8, 4) is 0 Å². The lowest BCUT2D eigenvalue weighted by Crippen LogP contribution is -2.30. The Hall–Kier alpha value is -3.87. The standard InChI is InChI=1S/C21H18N2O5/c24-19(28-14-15-5-2-1-3-6-15)13-22-20(25)16-8-10-17(11-9-16)23-21(26)18-7-4-12-27-18/h1-12H,13-14H2,(H,22,25)(H,23,26). The van der Waals surface area contributed by atoms with Crippen LogP contribution in [0.2, 0.25) is 0 Å². The van der Waals surface area contributed by atoms with Gasteiger partial charge in [0, 0.05) is 11.3 Å². The fourth-order valence-corrected chi connectivity index (χ4v) is 2.35. The number of rotatable bonds is 7. The topological polar surface area (TPSA) is 97.6 Å². The quantitative estimate of drug-likeness (QED) is 0.616. The van der Waals surface area contributed by atoms with Gasteiger partial charge in [0.2, 0.25) is 0 Å². The highest BCUT2D eigenvalue weighted by molar-refractivity contribution is 6.02. The van der Waals surface area contributed by atoms with Gasteiger partial charge in [-0.1, -0.05) is 30.3 Å². The Morgan fingerprint density at radius 2 is 1.61 bits per heavy atom. The van der Waals surface area contributed by atoms with Crippen molar-refractivity contribution in [2.75, 3.05) is 11.9 Å². The molecule has 0 aliphatic heterocycles. The van der Waals surface area contributed by atoms with Crippen LogP contribution in [0.15, 0.2) is 77.4 Å². The van der Waals surface area contributed by atoms with Crippen LogP contribution in [-0.4, -0.2) is 24.3 Å². The zero-order valence-corrected chi connectivity index (χ0v) is 14.9. The molecule has 7 nitrogen and oxygen atoms in total. The molecule has 0 aliphatic rings. The number of hydrogen-bond donors (Lipinski definition) is 2. The number of carbonyl (C=O) groups is 3. The van der Waals surface area contributed by atoms with E-state index in [4.69, 9.17) is 9.15 Å². The molecule has 2 aromatic carbocycles. The van der Waals surface area contributed by atoms with Gasteiger partial charge >= 0.3 is 5.97 Å². The number of anilines is 1. The zero-order valence-electron chi connectivity index (χ0n) is 14.9. The molecular weight excluding hydrogens is 360 g/mol. The van der Waals surface area contributed by atoms with Gasteiger partial charge in [-0.05, 0) is 42.0 Å². The van der Waals surface area contributed by atoms with E-state index < -0.39 is 11.9 Å². The first-order valence-corrected chi connectivity index (χ1v) is 8.54.